The van der Waals surface area contributed by atoms with Crippen LogP contribution in [-0.2, 0) is 4.79 Å². The van der Waals surface area contributed by atoms with Crippen molar-refractivity contribution in [3.05, 3.63) is 53.7 Å². The summed E-state index contributed by atoms with van der Waals surface area (Å²) in [6, 6.07) is 13.3. The normalized spacial score (nSPS) is 20.3. The maximum atomic E-state index is 12.8. The highest BCUT2D eigenvalue weighted by molar-refractivity contribution is 5.94. The van der Waals surface area contributed by atoms with E-state index in [1.165, 1.54) is 12.8 Å². The zero-order valence-corrected chi connectivity index (χ0v) is 16.1. The Balaban J connectivity index is 1.53. The molecular formula is C23H27N3O2. The van der Waals surface area contributed by atoms with Gasteiger partial charge in [0.25, 0.3) is 0 Å². The number of likely N-dealkylation sites (tertiary alicyclic amines) is 1. The van der Waals surface area contributed by atoms with Crippen molar-refractivity contribution in [3.63, 3.8) is 0 Å². The van der Waals surface area contributed by atoms with Crippen LogP contribution in [0.1, 0.15) is 60.5 Å². The number of carbonyl (C=O) groups is 2. The van der Waals surface area contributed by atoms with Crippen molar-refractivity contribution in [2.24, 2.45) is 11.7 Å². The number of primary amides is 1. The lowest BCUT2D eigenvalue weighted by Gasteiger charge is -2.34. The maximum Gasteiger partial charge on any atom is 0.248 e. The molecular weight excluding hydrogens is 350 g/mol. The van der Waals surface area contributed by atoms with Gasteiger partial charge >= 0.3 is 0 Å². The fourth-order valence-electron chi connectivity index (χ4n) is 4.52. The van der Waals surface area contributed by atoms with E-state index in [0.29, 0.717) is 11.5 Å². The molecule has 2 N–H and O–H groups in total. The highest BCUT2D eigenvalue weighted by Crippen LogP contribution is 2.32. The summed E-state index contributed by atoms with van der Waals surface area (Å²) in [6.45, 7) is 1.62. The first-order valence-electron chi connectivity index (χ1n) is 10.3. The molecule has 4 rings (SSSR count). The van der Waals surface area contributed by atoms with E-state index in [4.69, 9.17) is 10.7 Å². The second-order valence-electron chi connectivity index (χ2n) is 8.00. The summed E-state index contributed by atoms with van der Waals surface area (Å²) < 4.78 is 0. The van der Waals surface area contributed by atoms with Gasteiger partial charge in [0.1, 0.15) is 0 Å². The van der Waals surface area contributed by atoms with E-state index < -0.39 is 5.91 Å². The number of piperidine rings is 1. The van der Waals surface area contributed by atoms with Gasteiger partial charge in [0.2, 0.25) is 11.8 Å². The van der Waals surface area contributed by atoms with Crippen molar-refractivity contribution in [2.75, 3.05) is 13.1 Å². The molecule has 2 fully saturated rings. The molecule has 2 amide bonds. The summed E-state index contributed by atoms with van der Waals surface area (Å²) in [5.74, 6) is 0.395. The lowest BCUT2D eigenvalue weighted by atomic mass is 9.92. The second-order valence-corrected chi connectivity index (χ2v) is 8.00. The van der Waals surface area contributed by atoms with Crippen LogP contribution >= 0.6 is 0 Å². The molecule has 2 aromatic rings. The zero-order valence-electron chi connectivity index (χ0n) is 16.1. The Kier molecular flexibility index (Phi) is 5.42. The van der Waals surface area contributed by atoms with E-state index in [2.05, 4.69) is 11.0 Å². The van der Waals surface area contributed by atoms with Gasteiger partial charge in [-0.3, -0.25) is 14.6 Å². The molecule has 0 bridgehead atoms. The third-order valence-electron chi connectivity index (χ3n) is 6.07. The summed E-state index contributed by atoms with van der Waals surface area (Å²) in [7, 11) is 0. The molecule has 28 heavy (non-hydrogen) atoms. The molecule has 2 aliphatic rings. The van der Waals surface area contributed by atoms with Crippen LogP contribution in [-0.4, -0.2) is 34.8 Å². The lowest BCUT2D eigenvalue weighted by molar-refractivity contribution is -0.136. The summed E-state index contributed by atoms with van der Waals surface area (Å²) in [6.07, 6.45) is 6.52. The van der Waals surface area contributed by atoms with E-state index >= 15 is 0 Å². The average Bonchev–Trinajstić information content (AvgIpc) is 3.28. The van der Waals surface area contributed by atoms with Gasteiger partial charge in [-0.05, 0) is 49.9 Å². The van der Waals surface area contributed by atoms with Gasteiger partial charge in [0.15, 0.2) is 0 Å². The predicted molar refractivity (Wildman–Crippen MR) is 109 cm³/mol. The third kappa shape index (κ3) is 3.93. The monoisotopic (exact) mass is 377 g/mol. The Morgan fingerprint density at radius 3 is 2.57 bits per heavy atom. The Morgan fingerprint density at radius 1 is 1.00 bits per heavy atom. The molecule has 1 saturated heterocycles. The minimum absolute atomic E-state index is 0.231. The Bertz CT molecular complexity index is 874. The van der Waals surface area contributed by atoms with E-state index in [1.54, 1.807) is 12.1 Å². The third-order valence-corrected chi connectivity index (χ3v) is 6.07. The van der Waals surface area contributed by atoms with Crippen molar-refractivity contribution in [1.82, 2.24) is 9.88 Å². The highest BCUT2D eigenvalue weighted by atomic mass is 16.2. The van der Waals surface area contributed by atoms with Crippen LogP contribution in [0.15, 0.2) is 42.5 Å². The van der Waals surface area contributed by atoms with Crippen LogP contribution in [0.3, 0.4) is 0 Å². The van der Waals surface area contributed by atoms with Gasteiger partial charge in [-0.2, -0.15) is 0 Å². The molecule has 1 aliphatic heterocycles. The SMILES string of the molecule is NC(=O)c1cccc(-c2cccc([C@H]3CCCN(C(=O)C4CCCC4)C3)n2)c1. The van der Waals surface area contributed by atoms with Crippen molar-refractivity contribution in [3.8, 4) is 11.3 Å². The first kappa shape index (κ1) is 18.7. The number of carbonyl (C=O) groups excluding carboxylic acids is 2. The van der Waals surface area contributed by atoms with Crippen molar-refractivity contribution < 1.29 is 9.59 Å². The van der Waals surface area contributed by atoms with Crippen LogP contribution in [0, 0.1) is 5.92 Å². The molecule has 146 valence electrons. The van der Waals surface area contributed by atoms with E-state index in [0.717, 1.165) is 55.7 Å². The Morgan fingerprint density at radius 2 is 1.79 bits per heavy atom. The summed E-state index contributed by atoms with van der Waals surface area (Å²) in [5, 5.41) is 0. The summed E-state index contributed by atoms with van der Waals surface area (Å²) in [5.41, 5.74) is 8.62. The number of aromatic nitrogens is 1. The number of hydrogen-bond donors (Lipinski definition) is 1. The van der Waals surface area contributed by atoms with Crippen LogP contribution in [0.25, 0.3) is 11.3 Å². The molecule has 1 aliphatic carbocycles. The fraction of sp³-hybridized carbons (Fsp3) is 0.435. The molecule has 1 aromatic heterocycles. The number of rotatable bonds is 4. The number of nitrogens with two attached hydrogens (primary N) is 1. The molecule has 2 heterocycles. The molecule has 5 heteroatoms. The van der Waals surface area contributed by atoms with E-state index in [9.17, 15) is 9.59 Å². The number of hydrogen-bond acceptors (Lipinski definition) is 3. The second kappa shape index (κ2) is 8.13. The topological polar surface area (TPSA) is 76.3 Å². The highest BCUT2D eigenvalue weighted by Gasteiger charge is 2.31. The number of benzene rings is 1. The largest absolute Gasteiger partial charge is 0.366 e. The van der Waals surface area contributed by atoms with Crippen LogP contribution in [0.5, 0.6) is 0 Å². The minimum Gasteiger partial charge on any atom is -0.366 e. The Hall–Kier alpha value is -2.69. The quantitative estimate of drug-likeness (QED) is 0.882. The van der Waals surface area contributed by atoms with Crippen molar-refractivity contribution >= 4 is 11.8 Å². The Labute approximate surface area is 165 Å². The number of amides is 2. The van der Waals surface area contributed by atoms with Gasteiger partial charge in [0.05, 0.1) is 5.69 Å². The number of pyridine rings is 1. The zero-order chi connectivity index (χ0) is 19.5. The van der Waals surface area contributed by atoms with Crippen LogP contribution in [0.2, 0.25) is 0 Å². The van der Waals surface area contributed by atoms with Gasteiger partial charge in [0, 0.05) is 41.7 Å². The summed E-state index contributed by atoms with van der Waals surface area (Å²) >= 11 is 0. The molecule has 0 unspecified atom stereocenters. The number of nitrogens with zero attached hydrogens (tertiary/aromatic N) is 2. The van der Waals surface area contributed by atoms with Crippen molar-refractivity contribution in [2.45, 2.75) is 44.4 Å². The smallest absolute Gasteiger partial charge is 0.248 e. The molecule has 1 atom stereocenters. The molecule has 5 nitrogen and oxygen atoms in total. The van der Waals surface area contributed by atoms with Gasteiger partial charge < -0.3 is 10.6 Å². The fourth-order valence-corrected chi connectivity index (χ4v) is 4.52. The van der Waals surface area contributed by atoms with Crippen LogP contribution in [0.4, 0.5) is 0 Å². The standard InChI is InChI=1S/C23H27N3O2/c24-22(27)18-9-3-8-17(14-18)20-11-4-12-21(25-20)19-10-5-13-26(15-19)23(28)16-6-1-2-7-16/h3-4,8-9,11-12,14,16,19H,1-2,5-7,10,13,15H2,(H2,24,27)/t19-/m0/s1. The first-order valence-corrected chi connectivity index (χ1v) is 10.3. The minimum atomic E-state index is -0.439. The molecule has 0 spiro atoms. The van der Waals surface area contributed by atoms with Crippen molar-refractivity contribution in [1.29, 1.82) is 0 Å². The molecule has 1 aromatic carbocycles. The van der Waals surface area contributed by atoms with Gasteiger partial charge in [-0.25, -0.2) is 0 Å². The lowest BCUT2D eigenvalue weighted by Crippen LogP contribution is -2.42. The maximum absolute atomic E-state index is 12.8. The average molecular weight is 377 g/mol. The van der Waals surface area contributed by atoms with Crippen LogP contribution < -0.4 is 5.73 Å². The summed E-state index contributed by atoms with van der Waals surface area (Å²) in [4.78, 5) is 31.2. The van der Waals surface area contributed by atoms with E-state index in [-0.39, 0.29) is 11.8 Å². The molecule has 0 radical (unpaired) electrons. The van der Waals surface area contributed by atoms with E-state index in [1.807, 2.05) is 24.3 Å². The predicted octanol–water partition coefficient (Wildman–Crippen LogP) is 3.74. The molecule has 1 saturated carbocycles. The van der Waals surface area contributed by atoms with Gasteiger partial charge in [-0.15, -0.1) is 0 Å². The first-order chi connectivity index (χ1) is 13.6. The van der Waals surface area contributed by atoms with Gasteiger partial charge in [-0.1, -0.05) is 31.0 Å².